The molecule has 1 aliphatic heterocycles. The molecule has 1 fully saturated rings. The number of nitrogens with zero attached hydrogens (tertiary/aromatic N) is 1. The second kappa shape index (κ2) is 7.30. The first-order valence-corrected chi connectivity index (χ1v) is 9.21. The van der Waals surface area contributed by atoms with E-state index >= 15 is 0 Å². The van der Waals surface area contributed by atoms with E-state index < -0.39 is 56.0 Å². The molecular formula is C11H14BrN2O9P. The maximum atomic E-state index is 11.8. The number of H-pyrrole nitrogens is 1. The third-order valence-corrected chi connectivity index (χ3v) is 4.45. The van der Waals surface area contributed by atoms with E-state index in [9.17, 15) is 24.1 Å². The lowest BCUT2D eigenvalue weighted by Crippen LogP contribution is -2.32. The highest BCUT2D eigenvalue weighted by Gasteiger charge is 2.39. The number of ether oxygens (including phenoxy) is 2. The summed E-state index contributed by atoms with van der Waals surface area (Å²) in [5, 5.41) is 9.29. The van der Waals surface area contributed by atoms with Crippen LogP contribution in [0.2, 0.25) is 0 Å². The van der Waals surface area contributed by atoms with Crippen LogP contribution in [-0.4, -0.2) is 55.4 Å². The molecule has 0 amide bonds. The van der Waals surface area contributed by atoms with Gasteiger partial charge in [0.1, 0.15) is 24.6 Å². The molecule has 11 nitrogen and oxygen atoms in total. The van der Waals surface area contributed by atoms with E-state index in [1.54, 1.807) is 0 Å². The topological polar surface area (TPSA) is 168 Å². The van der Waals surface area contributed by atoms with Crippen molar-refractivity contribution >= 4 is 29.5 Å². The maximum absolute atomic E-state index is 11.8. The third-order valence-electron chi connectivity index (χ3n) is 3.21. The number of carbonyl (C=O) groups is 1. The molecule has 0 bridgehead atoms. The minimum Gasteiger partial charge on any atom is -0.459 e. The maximum Gasteiger partial charge on any atom is 0.336 e. The molecule has 134 valence electrons. The Labute approximate surface area is 142 Å². The first-order chi connectivity index (χ1) is 11.1. The van der Waals surface area contributed by atoms with Crippen LogP contribution in [0.3, 0.4) is 0 Å². The van der Waals surface area contributed by atoms with Gasteiger partial charge in [0.15, 0.2) is 0 Å². The number of carbonyl (C=O) groups excluding carboxylic acids is 1. The molecule has 0 radical (unpaired) electrons. The average molecular weight is 429 g/mol. The second-order valence-electron chi connectivity index (χ2n) is 5.04. The van der Waals surface area contributed by atoms with Crippen molar-refractivity contribution in [1.82, 2.24) is 9.55 Å². The molecule has 2 heterocycles. The Balaban J connectivity index is 2.16. The average Bonchev–Trinajstić information content (AvgIpc) is 2.83. The summed E-state index contributed by atoms with van der Waals surface area (Å²) in [7, 11) is -4.58. The standard InChI is InChI=1S/C11H14BrN2O9P/c12-5-2-14(11(18)13-10(5)17)8-1-6(7(3-15)22-8)23-9(16)4-24(19,20)21/h2,6-8,15H,1,3-4H2,(H,13,17,18)(H2,19,20,21). The van der Waals surface area contributed by atoms with Gasteiger partial charge in [-0.25, -0.2) is 4.79 Å². The second-order valence-corrected chi connectivity index (χ2v) is 7.54. The van der Waals surface area contributed by atoms with Gasteiger partial charge in [0.2, 0.25) is 0 Å². The Morgan fingerprint density at radius 3 is 2.75 bits per heavy atom. The molecule has 24 heavy (non-hydrogen) atoms. The van der Waals surface area contributed by atoms with Gasteiger partial charge in [-0.15, -0.1) is 0 Å². The molecule has 4 N–H and O–H groups in total. The summed E-state index contributed by atoms with van der Waals surface area (Å²) in [6.07, 6.45) is -2.87. The van der Waals surface area contributed by atoms with Gasteiger partial charge in [0.05, 0.1) is 11.1 Å². The molecule has 2 rings (SSSR count). The van der Waals surface area contributed by atoms with Crippen LogP contribution in [0.15, 0.2) is 20.3 Å². The predicted octanol–water partition coefficient (Wildman–Crippen LogP) is -1.33. The number of esters is 1. The van der Waals surface area contributed by atoms with Gasteiger partial charge in [-0.2, -0.15) is 0 Å². The van der Waals surface area contributed by atoms with E-state index in [-0.39, 0.29) is 10.9 Å². The van der Waals surface area contributed by atoms with Crippen molar-refractivity contribution in [3.05, 3.63) is 31.5 Å². The zero-order valence-electron chi connectivity index (χ0n) is 12.0. The lowest BCUT2D eigenvalue weighted by atomic mass is 10.2. The number of aromatic amines is 1. The van der Waals surface area contributed by atoms with E-state index in [4.69, 9.17) is 19.3 Å². The normalized spacial score (nSPS) is 24.1. The Morgan fingerprint density at radius 1 is 1.50 bits per heavy atom. The Kier molecular flexibility index (Phi) is 5.78. The molecule has 1 aromatic heterocycles. The minimum atomic E-state index is -4.58. The monoisotopic (exact) mass is 428 g/mol. The molecule has 3 atom stereocenters. The Hall–Kier alpha value is -1.30. The molecule has 1 aliphatic rings. The summed E-state index contributed by atoms with van der Waals surface area (Å²) in [5.74, 6) is -1.15. The SMILES string of the molecule is O=C(CP(=O)(O)O)OC1CC(n2cc(Br)c(=O)[nH]c2=O)OC1CO. The van der Waals surface area contributed by atoms with E-state index in [0.29, 0.717) is 0 Å². The number of nitrogens with one attached hydrogen (secondary N) is 1. The third kappa shape index (κ3) is 4.62. The number of hydrogen-bond donors (Lipinski definition) is 4. The molecule has 1 aromatic rings. The Bertz CT molecular complexity index is 784. The summed E-state index contributed by atoms with van der Waals surface area (Å²) in [4.78, 5) is 54.2. The molecular weight excluding hydrogens is 415 g/mol. The smallest absolute Gasteiger partial charge is 0.336 e. The highest BCUT2D eigenvalue weighted by molar-refractivity contribution is 9.10. The van der Waals surface area contributed by atoms with E-state index in [1.807, 2.05) is 0 Å². The quantitative estimate of drug-likeness (QED) is 0.327. The van der Waals surface area contributed by atoms with E-state index in [0.717, 1.165) is 4.57 Å². The van der Waals surface area contributed by atoms with Crippen LogP contribution < -0.4 is 11.2 Å². The van der Waals surface area contributed by atoms with Gasteiger partial charge < -0.3 is 24.4 Å². The molecule has 0 aliphatic carbocycles. The van der Waals surface area contributed by atoms with Crippen LogP contribution in [0.5, 0.6) is 0 Å². The minimum absolute atomic E-state index is 0.0451. The fourth-order valence-electron chi connectivity index (χ4n) is 2.21. The van der Waals surface area contributed by atoms with E-state index in [1.165, 1.54) is 6.20 Å². The number of aromatic nitrogens is 2. The van der Waals surface area contributed by atoms with Crippen LogP contribution in [0, 0.1) is 0 Å². The van der Waals surface area contributed by atoms with Gasteiger partial charge in [-0.05, 0) is 15.9 Å². The first kappa shape index (κ1) is 19.0. The molecule has 13 heteroatoms. The molecule has 3 unspecified atom stereocenters. The highest BCUT2D eigenvalue weighted by Crippen LogP contribution is 2.35. The molecule has 1 saturated heterocycles. The number of rotatable bonds is 5. The molecule has 0 aromatic carbocycles. The zero-order chi connectivity index (χ0) is 18.1. The predicted molar refractivity (Wildman–Crippen MR) is 81.4 cm³/mol. The van der Waals surface area contributed by atoms with Gasteiger partial charge in [-0.1, -0.05) is 0 Å². The lowest BCUT2D eigenvalue weighted by Gasteiger charge is -2.16. The van der Waals surface area contributed by atoms with Crippen LogP contribution in [0.25, 0.3) is 0 Å². The van der Waals surface area contributed by atoms with Gasteiger partial charge >= 0.3 is 19.3 Å². The number of halogens is 1. The highest BCUT2D eigenvalue weighted by atomic mass is 79.9. The van der Waals surface area contributed by atoms with Crippen LogP contribution in [0.4, 0.5) is 0 Å². The van der Waals surface area contributed by atoms with Crippen molar-refractivity contribution < 1.29 is 33.7 Å². The fraction of sp³-hybridized carbons (Fsp3) is 0.545. The lowest BCUT2D eigenvalue weighted by molar-refractivity contribution is -0.150. The summed E-state index contributed by atoms with van der Waals surface area (Å²) < 4.78 is 22.3. The van der Waals surface area contributed by atoms with E-state index in [2.05, 4.69) is 20.9 Å². The Morgan fingerprint density at radius 2 is 2.17 bits per heavy atom. The largest absolute Gasteiger partial charge is 0.459 e. The zero-order valence-corrected chi connectivity index (χ0v) is 14.5. The fourth-order valence-corrected chi connectivity index (χ4v) is 2.94. The van der Waals surface area contributed by atoms with Crippen molar-refractivity contribution in [2.45, 2.75) is 24.9 Å². The van der Waals surface area contributed by atoms with Crippen molar-refractivity contribution in [1.29, 1.82) is 0 Å². The number of hydrogen-bond acceptors (Lipinski definition) is 7. The summed E-state index contributed by atoms with van der Waals surface area (Å²) in [6.45, 7) is -0.538. The van der Waals surface area contributed by atoms with Crippen LogP contribution >= 0.6 is 23.5 Å². The van der Waals surface area contributed by atoms with Crippen LogP contribution in [0.1, 0.15) is 12.6 Å². The van der Waals surface area contributed by atoms with Gasteiger partial charge in [-0.3, -0.25) is 23.7 Å². The summed E-state index contributed by atoms with van der Waals surface area (Å²) in [5.41, 5.74) is -1.38. The number of aliphatic hydroxyl groups is 1. The number of aliphatic hydroxyl groups excluding tert-OH is 1. The summed E-state index contributed by atoms with van der Waals surface area (Å²) >= 11 is 2.97. The summed E-state index contributed by atoms with van der Waals surface area (Å²) in [6, 6.07) is 0. The van der Waals surface area contributed by atoms with Crippen molar-refractivity contribution in [3.8, 4) is 0 Å². The molecule has 0 spiro atoms. The first-order valence-electron chi connectivity index (χ1n) is 6.62. The van der Waals surface area contributed by atoms with Crippen LogP contribution in [-0.2, 0) is 18.8 Å². The van der Waals surface area contributed by atoms with Crippen molar-refractivity contribution in [2.24, 2.45) is 0 Å². The van der Waals surface area contributed by atoms with Crippen molar-refractivity contribution in [2.75, 3.05) is 12.8 Å². The van der Waals surface area contributed by atoms with Gasteiger partial charge in [0.25, 0.3) is 5.56 Å². The van der Waals surface area contributed by atoms with Crippen molar-refractivity contribution in [3.63, 3.8) is 0 Å². The molecule has 0 saturated carbocycles. The van der Waals surface area contributed by atoms with Gasteiger partial charge in [0, 0.05) is 12.6 Å².